The van der Waals surface area contributed by atoms with Gasteiger partial charge in [-0.15, -0.1) is 0 Å². The first kappa shape index (κ1) is 13.6. The van der Waals surface area contributed by atoms with E-state index in [4.69, 9.17) is 10.5 Å². The fourth-order valence-corrected chi connectivity index (χ4v) is 2.21. The van der Waals surface area contributed by atoms with Crippen LogP contribution in [0.3, 0.4) is 0 Å². The number of hydrogen-bond acceptors (Lipinski definition) is 3. The highest BCUT2D eigenvalue weighted by atomic mass is 16.5. The van der Waals surface area contributed by atoms with E-state index in [0.717, 1.165) is 16.9 Å². The van der Waals surface area contributed by atoms with Gasteiger partial charge < -0.3 is 10.5 Å². The van der Waals surface area contributed by atoms with Gasteiger partial charge in [0.1, 0.15) is 5.75 Å². The minimum atomic E-state index is -0.0584. The number of benzene rings is 1. The highest BCUT2D eigenvalue weighted by Crippen LogP contribution is 2.31. The molecular weight excluding hydrogens is 236 g/mol. The third-order valence-electron chi connectivity index (χ3n) is 3.59. The van der Waals surface area contributed by atoms with Crippen molar-refractivity contribution in [3.05, 3.63) is 59.4 Å². The predicted molar refractivity (Wildman–Crippen MR) is 77.3 cm³/mol. The zero-order valence-corrected chi connectivity index (χ0v) is 11.6. The molecule has 2 atom stereocenters. The van der Waals surface area contributed by atoms with Gasteiger partial charge in [0.05, 0.1) is 7.11 Å². The van der Waals surface area contributed by atoms with Crippen LogP contribution in [0.4, 0.5) is 0 Å². The van der Waals surface area contributed by atoms with E-state index in [0.29, 0.717) is 0 Å². The molecule has 0 radical (unpaired) electrons. The van der Waals surface area contributed by atoms with Crippen LogP contribution in [0.25, 0.3) is 0 Å². The normalized spacial score (nSPS) is 13.9. The van der Waals surface area contributed by atoms with E-state index in [2.05, 4.69) is 18.0 Å². The summed E-state index contributed by atoms with van der Waals surface area (Å²) >= 11 is 0. The van der Waals surface area contributed by atoms with Gasteiger partial charge in [0.15, 0.2) is 0 Å². The first-order valence-electron chi connectivity index (χ1n) is 6.43. The van der Waals surface area contributed by atoms with Crippen molar-refractivity contribution in [2.45, 2.75) is 25.8 Å². The van der Waals surface area contributed by atoms with Gasteiger partial charge in [-0.2, -0.15) is 0 Å². The monoisotopic (exact) mass is 256 g/mol. The molecule has 2 N–H and O–H groups in total. The average Bonchev–Trinajstić information content (AvgIpc) is 2.47. The van der Waals surface area contributed by atoms with Crippen LogP contribution in [-0.4, -0.2) is 12.1 Å². The van der Waals surface area contributed by atoms with Gasteiger partial charge in [-0.1, -0.05) is 19.1 Å². The highest BCUT2D eigenvalue weighted by Gasteiger charge is 2.17. The van der Waals surface area contributed by atoms with Crippen LogP contribution in [0.2, 0.25) is 0 Å². The molecule has 19 heavy (non-hydrogen) atoms. The first-order valence-corrected chi connectivity index (χ1v) is 6.43. The van der Waals surface area contributed by atoms with Crippen molar-refractivity contribution in [3.63, 3.8) is 0 Å². The molecule has 0 fully saturated rings. The lowest BCUT2D eigenvalue weighted by Crippen LogP contribution is -2.17. The summed E-state index contributed by atoms with van der Waals surface area (Å²) < 4.78 is 5.36. The molecular formula is C16H20N2O. The van der Waals surface area contributed by atoms with Gasteiger partial charge in [-0.3, -0.25) is 4.98 Å². The lowest BCUT2D eigenvalue weighted by molar-refractivity contribution is 0.410. The Kier molecular flexibility index (Phi) is 4.17. The molecule has 3 nitrogen and oxygen atoms in total. The number of hydrogen-bond donors (Lipinski definition) is 1. The summed E-state index contributed by atoms with van der Waals surface area (Å²) in [7, 11) is 1.68. The van der Waals surface area contributed by atoms with Crippen LogP contribution < -0.4 is 10.5 Å². The third kappa shape index (κ3) is 2.93. The molecule has 0 saturated carbocycles. The Hall–Kier alpha value is -1.87. The SMILES string of the molecule is COc1cc(C(N)C(C)c2ccncc2)ccc1C. The molecule has 2 rings (SSSR count). The number of rotatable bonds is 4. The standard InChI is InChI=1S/C16H20N2O/c1-11-4-5-14(10-15(11)19-3)16(17)12(2)13-6-8-18-9-7-13/h4-10,12,16H,17H2,1-3H3. The Bertz CT molecular complexity index is 540. The van der Waals surface area contributed by atoms with Crippen LogP contribution in [0.1, 0.15) is 35.6 Å². The zero-order valence-electron chi connectivity index (χ0n) is 11.6. The van der Waals surface area contributed by atoms with Crippen molar-refractivity contribution in [2.75, 3.05) is 7.11 Å². The average molecular weight is 256 g/mol. The van der Waals surface area contributed by atoms with Crippen LogP contribution in [0.15, 0.2) is 42.7 Å². The highest BCUT2D eigenvalue weighted by molar-refractivity contribution is 5.39. The second-order valence-corrected chi connectivity index (χ2v) is 4.82. The molecule has 2 unspecified atom stereocenters. The smallest absolute Gasteiger partial charge is 0.122 e. The Balaban J connectivity index is 2.26. The molecule has 0 amide bonds. The van der Waals surface area contributed by atoms with E-state index in [9.17, 15) is 0 Å². The fourth-order valence-electron chi connectivity index (χ4n) is 2.21. The van der Waals surface area contributed by atoms with Gasteiger partial charge in [0.25, 0.3) is 0 Å². The number of nitrogens with two attached hydrogens (primary N) is 1. The summed E-state index contributed by atoms with van der Waals surface area (Å²) in [5.41, 5.74) is 9.77. The number of methoxy groups -OCH3 is 1. The fraction of sp³-hybridized carbons (Fsp3) is 0.312. The second kappa shape index (κ2) is 5.85. The topological polar surface area (TPSA) is 48.1 Å². The van der Waals surface area contributed by atoms with E-state index in [1.807, 2.05) is 31.2 Å². The summed E-state index contributed by atoms with van der Waals surface area (Å²) in [6, 6.07) is 10.1. The summed E-state index contributed by atoms with van der Waals surface area (Å²) in [5, 5.41) is 0. The number of pyridine rings is 1. The third-order valence-corrected chi connectivity index (χ3v) is 3.59. The predicted octanol–water partition coefficient (Wildman–Crippen LogP) is 3.20. The van der Waals surface area contributed by atoms with Crippen molar-refractivity contribution >= 4 is 0 Å². The summed E-state index contributed by atoms with van der Waals surface area (Å²) in [4.78, 5) is 4.04. The van der Waals surface area contributed by atoms with Crippen molar-refractivity contribution in [1.82, 2.24) is 4.98 Å². The molecule has 0 aliphatic carbocycles. The van der Waals surface area contributed by atoms with E-state index >= 15 is 0 Å². The Morgan fingerprint density at radius 2 is 1.79 bits per heavy atom. The Morgan fingerprint density at radius 1 is 1.11 bits per heavy atom. The van der Waals surface area contributed by atoms with Crippen LogP contribution >= 0.6 is 0 Å². The summed E-state index contributed by atoms with van der Waals surface area (Å²) in [6.45, 7) is 4.16. The van der Waals surface area contributed by atoms with Crippen molar-refractivity contribution < 1.29 is 4.74 Å². The molecule has 0 aliphatic rings. The van der Waals surface area contributed by atoms with Gasteiger partial charge >= 0.3 is 0 Å². The van der Waals surface area contributed by atoms with Crippen LogP contribution in [-0.2, 0) is 0 Å². The lowest BCUT2D eigenvalue weighted by Gasteiger charge is -2.21. The van der Waals surface area contributed by atoms with Crippen molar-refractivity contribution in [3.8, 4) is 5.75 Å². The summed E-state index contributed by atoms with van der Waals surface area (Å²) in [6.07, 6.45) is 3.60. The number of aromatic nitrogens is 1. The maximum absolute atomic E-state index is 6.37. The molecule has 1 aromatic heterocycles. The molecule has 1 aromatic carbocycles. The van der Waals surface area contributed by atoms with Gasteiger partial charge in [0, 0.05) is 24.4 Å². The van der Waals surface area contributed by atoms with E-state index < -0.39 is 0 Å². The first-order chi connectivity index (χ1) is 9.13. The number of nitrogens with zero attached hydrogens (tertiary/aromatic N) is 1. The van der Waals surface area contributed by atoms with Crippen molar-refractivity contribution in [1.29, 1.82) is 0 Å². The van der Waals surface area contributed by atoms with Gasteiger partial charge in [-0.05, 0) is 41.8 Å². The molecule has 0 aliphatic heterocycles. The molecule has 0 spiro atoms. The zero-order chi connectivity index (χ0) is 13.8. The van der Waals surface area contributed by atoms with E-state index in [1.54, 1.807) is 19.5 Å². The van der Waals surface area contributed by atoms with Crippen LogP contribution in [0.5, 0.6) is 5.75 Å². The lowest BCUT2D eigenvalue weighted by atomic mass is 9.89. The molecule has 3 heteroatoms. The Morgan fingerprint density at radius 3 is 2.42 bits per heavy atom. The van der Waals surface area contributed by atoms with Crippen LogP contribution in [0, 0.1) is 6.92 Å². The Labute approximate surface area is 114 Å². The van der Waals surface area contributed by atoms with E-state index in [-0.39, 0.29) is 12.0 Å². The number of ether oxygens (including phenoxy) is 1. The minimum absolute atomic E-state index is 0.0584. The quantitative estimate of drug-likeness (QED) is 0.913. The molecule has 1 heterocycles. The molecule has 0 bridgehead atoms. The molecule has 0 saturated heterocycles. The van der Waals surface area contributed by atoms with Gasteiger partial charge in [-0.25, -0.2) is 0 Å². The van der Waals surface area contributed by atoms with Crippen molar-refractivity contribution in [2.24, 2.45) is 5.73 Å². The number of aryl methyl sites for hydroxylation is 1. The molecule has 100 valence electrons. The molecule has 2 aromatic rings. The largest absolute Gasteiger partial charge is 0.496 e. The minimum Gasteiger partial charge on any atom is -0.496 e. The van der Waals surface area contributed by atoms with E-state index in [1.165, 1.54) is 5.56 Å². The second-order valence-electron chi connectivity index (χ2n) is 4.82. The van der Waals surface area contributed by atoms with Gasteiger partial charge in [0.2, 0.25) is 0 Å². The maximum Gasteiger partial charge on any atom is 0.122 e. The maximum atomic E-state index is 6.37. The summed E-state index contributed by atoms with van der Waals surface area (Å²) in [5.74, 6) is 1.12.